The van der Waals surface area contributed by atoms with Gasteiger partial charge in [-0.2, -0.15) is 0 Å². The standard InChI is InChI=1S/C44H45N3O8/c1-3-11-54-42(51)32-18-33(43(52)55-12-4-2)20-34(19-32)46-41(50)37(17-27-8-6-5-7-9-27)47-40(49)36-22-38-31(10-13-53-38)21-35(36)39(48)45-26-44-23-28-14-29(24-44)16-30(15-28)25-44/h3-10,13,18-22,28-30,37H,1-2,11-12,14-17,23-26H2,(H,45,48)(H,46,50)(H,47,49)/t28?,29?,30?,37-,44?/m0/s1. The molecule has 1 aromatic heterocycles. The molecule has 4 aromatic rings. The summed E-state index contributed by atoms with van der Waals surface area (Å²) >= 11 is 0. The molecule has 3 amide bonds. The van der Waals surface area contributed by atoms with Gasteiger partial charge >= 0.3 is 11.9 Å². The molecule has 3 aromatic carbocycles. The van der Waals surface area contributed by atoms with E-state index in [-0.39, 0.29) is 58.9 Å². The van der Waals surface area contributed by atoms with Crippen molar-refractivity contribution in [2.24, 2.45) is 23.2 Å². The number of ether oxygens (including phenoxy) is 2. The van der Waals surface area contributed by atoms with E-state index in [4.69, 9.17) is 13.9 Å². The Morgan fingerprint density at radius 3 is 1.98 bits per heavy atom. The lowest BCUT2D eigenvalue weighted by molar-refractivity contribution is -0.118. The van der Waals surface area contributed by atoms with Gasteiger partial charge < -0.3 is 29.8 Å². The molecule has 0 unspecified atom stereocenters. The molecule has 4 saturated carbocycles. The zero-order valence-electron chi connectivity index (χ0n) is 30.6. The summed E-state index contributed by atoms with van der Waals surface area (Å²) in [5.41, 5.74) is 1.59. The molecule has 55 heavy (non-hydrogen) atoms. The maximum Gasteiger partial charge on any atom is 0.338 e. The van der Waals surface area contributed by atoms with Crippen LogP contribution in [0.5, 0.6) is 0 Å². The highest BCUT2D eigenvalue weighted by Crippen LogP contribution is 2.59. The number of hydrogen-bond donors (Lipinski definition) is 3. The highest BCUT2D eigenvalue weighted by atomic mass is 16.5. The lowest BCUT2D eigenvalue weighted by Gasteiger charge is -2.56. The number of nitrogens with one attached hydrogen (secondary N) is 3. The Labute approximate surface area is 319 Å². The Bertz CT molecular complexity index is 2060. The van der Waals surface area contributed by atoms with E-state index in [2.05, 4.69) is 29.1 Å². The number of anilines is 1. The van der Waals surface area contributed by atoms with Crippen LogP contribution in [-0.4, -0.2) is 55.5 Å². The fourth-order valence-corrected chi connectivity index (χ4v) is 9.15. The molecule has 0 spiro atoms. The molecule has 4 aliphatic carbocycles. The maximum atomic E-state index is 14.3. The summed E-state index contributed by atoms with van der Waals surface area (Å²) in [5, 5.41) is 9.48. The zero-order valence-corrected chi connectivity index (χ0v) is 30.6. The highest BCUT2D eigenvalue weighted by molar-refractivity contribution is 6.11. The van der Waals surface area contributed by atoms with E-state index in [0.29, 0.717) is 17.5 Å². The van der Waals surface area contributed by atoms with Crippen molar-refractivity contribution >= 4 is 46.3 Å². The van der Waals surface area contributed by atoms with Gasteiger partial charge in [0.15, 0.2) is 0 Å². The van der Waals surface area contributed by atoms with Crippen LogP contribution in [0.2, 0.25) is 0 Å². The van der Waals surface area contributed by atoms with Crippen LogP contribution in [0.1, 0.15) is 85.5 Å². The Hall–Kier alpha value is -5.97. The first kappa shape index (κ1) is 37.3. The number of esters is 2. The summed E-state index contributed by atoms with van der Waals surface area (Å²) in [6.07, 6.45) is 11.7. The molecule has 11 heteroatoms. The molecule has 0 saturated heterocycles. The second-order valence-electron chi connectivity index (χ2n) is 15.2. The summed E-state index contributed by atoms with van der Waals surface area (Å²) in [7, 11) is 0. The van der Waals surface area contributed by atoms with Crippen LogP contribution in [-0.2, 0) is 20.7 Å². The van der Waals surface area contributed by atoms with Gasteiger partial charge in [0, 0.05) is 24.0 Å². The third-order valence-corrected chi connectivity index (χ3v) is 11.1. The molecule has 3 N–H and O–H groups in total. The van der Waals surface area contributed by atoms with Gasteiger partial charge in [0.2, 0.25) is 5.91 Å². The molecule has 4 fully saturated rings. The van der Waals surface area contributed by atoms with Crippen molar-refractivity contribution in [2.75, 3.05) is 25.1 Å². The third kappa shape index (κ3) is 8.56. The van der Waals surface area contributed by atoms with Gasteiger partial charge in [-0.25, -0.2) is 9.59 Å². The number of carbonyl (C=O) groups excluding carboxylic acids is 5. The summed E-state index contributed by atoms with van der Waals surface area (Å²) in [6.45, 7) is 7.53. The largest absolute Gasteiger partial charge is 0.464 e. The van der Waals surface area contributed by atoms with Crippen LogP contribution in [0.4, 0.5) is 5.69 Å². The summed E-state index contributed by atoms with van der Waals surface area (Å²) < 4.78 is 16.0. The molecule has 1 heterocycles. The first-order chi connectivity index (χ1) is 26.6. The fraction of sp³-hybridized carbons (Fsp3) is 0.341. The Kier molecular flexibility index (Phi) is 11.0. The molecule has 4 aliphatic rings. The average molecular weight is 744 g/mol. The molecule has 0 radical (unpaired) electrons. The fourth-order valence-electron chi connectivity index (χ4n) is 9.15. The Morgan fingerprint density at radius 1 is 0.782 bits per heavy atom. The van der Waals surface area contributed by atoms with Crippen LogP contribution >= 0.6 is 0 Å². The molecule has 1 atom stereocenters. The lowest BCUT2D eigenvalue weighted by atomic mass is 9.49. The normalized spacial score (nSPS) is 21.3. The number of benzene rings is 3. The lowest BCUT2D eigenvalue weighted by Crippen LogP contribution is -2.51. The average Bonchev–Trinajstić information content (AvgIpc) is 3.65. The maximum absolute atomic E-state index is 14.3. The van der Waals surface area contributed by atoms with Gasteiger partial charge in [-0.15, -0.1) is 0 Å². The van der Waals surface area contributed by atoms with Crippen LogP contribution in [0.3, 0.4) is 0 Å². The molecule has 0 aliphatic heterocycles. The molecule has 284 valence electrons. The number of rotatable bonds is 15. The van der Waals surface area contributed by atoms with Gasteiger partial charge in [0.25, 0.3) is 11.8 Å². The van der Waals surface area contributed by atoms with Gasteiger partial charge in [-0.3, -0.25) is 14.4 Å². The molecule has 4 bridgehead atoms. The number of carbonyl (C=O) groups is 5. The van der Waals surface area contributed by atoms with E-state index < -0.39 is 29.8 Å². The summed E-state index contributed by atoms with van der Waals surface area (Å²) in [5.74, 6) is -0.947. The monoisotopic (exact) mass is 743 g/mol. The van der Waals surface area contributed by atoms with Gasteiger partial charge in [0.05, 0.1) is 28.5 Å². The predicted molar refractivity (Wildman–Crippen MR) is 207 cm³/mol. The number of furan rings is 1. The second-order valence-corrected chi connectivity index (χ2v) is 15.2. The van der Waals surface area contributed by atoms with E-state index in [1.807, 2.05) is 30.3 Å². The highest BCUT2D eigenvalue weighted by Gasteiger charge is 2.50. The van der Waals surface area contributed by atoms with E-state index in [9.17, 15) is 24.0 Å². The minimum absolute atomic E-state index is 0.00945. The van der Waals surface area contributed by atoms with Crippen LogP contribution < -0.4 is 16.0 Å². The minimum Gasteiger partial charge on any atom is -0.464 e. The van der Waals surface area contributed by atoms with Gasteiger partial charge in [0.1, 0.15) is 24.8 Å². The first-order valence-corrected chi connectivity index (χ1v) is 18.8. The number of hydrogen-bond acceptors (Lipinski definition) is 8. The van der Waals surface area contributed by atoms with Crippen molar-refractivity contribution < 1.29 is 37.9 Å². The smallest absolute Gasteiger partial charge is 0.338 e. The van der Waals surface area contributed by atoms with Crippen molar-refractivity contribution in [1.82, 2.24) is 10.6 Å². The molecule has 11 nitrogen and oxygen atoms in total. The van der Waals surface area contributed by atoms with Crippen molar-refractivity contribution in [1.29, 1.82) is 0 Å². The summed E-state index contributed by atoms with van der Waals surface area (Å²) in [4.78, 5) is 68.0. The van der Waals surface area contributed by atoms with Crippen molar-refractivity contribution in [3.63, 3.8) is 0 Å². The van der Waals surface area contributed by atoms with Crippen LogP contribution in [0.25, 0.3) is 11.0 Å². The van der Waals surface area contributed by atoms with E-state index in [1.165, 1.54) is 61.9 Å². The van der Waals surface area contributed by atoms with Crippen molar-refractivity contribution in [3.05, 3.63) is 126 Å². The zero-order chi connectivity index (χ0) is 38.5. The minimum atomic E-state index is -1.15. The SMILES string of the molecule is C=CCOC(=O)c1cc(NC(=O)[C@H](Cc2ccccc2)NC(=O)c2cc3occc3cc2C(=O)NCC23CC4CC(CC(C4)C2)C3)cc(C(=O)OCC=C)c1. The Balaban J connectivity index is 1.15. The van der Waals surface area contributed by atoms with Gasteiger partial charge in [-0.1, -0.05) is 55.6 Å². The molecular formula is C44H45N3O8. The number of fused-ring (bicyclic) bond motifs is 1. The molecule has 8 rings (SSSR count). The first-order valence-electron chi connectivity index (χ1n) is 18.8. The van der Waals surface area contributed by atoms with Crippen molar-refractivity contribution in [3.8, 4) is 0 Å². The summed E-state index contributed by atoms with van der Waals surface area (Å²) in [6, 6.07) is 16.9. The topological polar surface area (TPSA) is 153 Å². The van der Waals surface area contributed by atoms with Gasteiger partial charge in [-0.05, 0) is 104 Å². The predicted octanol–water partition coefficient (Wildman–Crippen LogP) is 7.04. The Morgan fingerprint density at radius 2 is 1.38 bits per heavy atom. The quantitative estimate of drug-likeness (QED) is 0.0866. The molecular weight excluding hydrogens is 698 g/mol. The van der Waals surface area contributed by atoms with E-state index in [1.54, 1.807) is 12.1 Å². The van der Waals surface area contributed by atoms with E-state index >= 15 is 0 Å². The third-order valence-electron chi connectivity index (χ3n) is 11.1. The van der Waals surface area contributed by atoms with Crippen molar-refractivity contribution in [2.45, 2.75) is 51.0 Å². The van der Waals surface area contributed by atoms with Crippen LogP contribution in [0.15, 0.2) is 103 Å². The number of amides is 3. The van der Waals surface area contributed by atoms with E-state index in [0.717, 1.165) is 42.6 Å². The van der Waals surface area contributed by atoms with Crippen LogP contribution in [0, 0.1) is 23.2 Å². The second kappa shape index (κ2) is 16.2.